The quantitative estimate of drug-likeness (QED) is 0.488. The van der Waals surface area contributed by atoms with E-state index in [0.717, 1.165) is 12.8 Å². The lowest BCUT2D eigenvalue weighted by atomic mass is 9.46. The number of hydrogen-bond acceptors (Lipinski definition) is 6. The first-order chi connectivity index (χ1) is 15.1. The Morgan fingerprint density at radius 2 is 1.88 bits per heavy atom. The fourth-order valence-corrected chi connectivity index (χ4v) is 6.84. The van der Waals surface area contributed by atoms with Crippen molar-refractivity contribution in [2.75, 3.05) is 19.8 Å². The van der Waals surface area contributed by atoms with E-state index in [1.807, 2.05) is 20.8 Å². The monoisotopic (exact) mass is 454 g/mol. The molecule has 3 aliphatic rings. The summed E-state index contributed by atoms with van der Waals surface area (Å²) in [5, 5.41) is 33.8. The molecular formula is C24H42N2O6. The molecule has 32 heavy (non-hydrogen) atoms. The van der Waals surface area contributed by atoms with E-state index in [-0.39, 0.29) is 54.9 Å². The van der Waals surface area contributed by atoms with Crippen LogP contribution in [0, 0.1) is 22.7 Å². The van der Waals surface area contributed by atoms with E-state index in [1.54, 1.807) is 4.90 Å². The average molecular weight is 455 g/mol. The number of carbonyl (C=O) groups excluding carboxylic acids is 2. The molecule has 8 nitrogen and oxygen atoms in total. The largest absolute Gasteiger partial charge is 0.446 e. The molecule has 0 unspecified atom stereocenters. The van der Waals surface area contributed by atoms with Crippen molar-refractivity contribution in [2.45, 2.75) is 96.9 Å². The first-order valence-electron chi connectivity index (χ1n) is 12.2. The second-order valence-electron chi connectivity index (χ2n) is 11.0. The van der Waals surface area contributed by atoms with Gasteiger partial charge < -0.3 is 30.3 Å². The molecule has 0 bridgehead atoms. The number of amides is 2. The summed E-state index contributed by atoms with van der Waals surface area (Å²) in [5.41, 5.74) is -1.00. The van der Waals surface area contributed by atoms with Crippen molar-refractivity contribution in [3.8, 4) is 0 Å². The molecule has 0 spiro atoms. The van der Waals surface area contributed by atoms with Crippen LogP contribution in [0.4, 0.5) is 4.79 Å². The van der Waals surface area contributed by atoms with Gasteiger partial charge in [0.25, 0.3) is 0 Å². The Balaban J connectivity index is 1.80. The highest BCUT2D eigenvalue weighted by atomic mass is 16.6. The summed E-state index contributed by atoms with van der Waals surface area (Å²) < 4.78 is 5.78. The zero-order valence-corrected chi connectivity index (χ0v) is 20.0. The van der Waals surface area contributed by atoms with E-state index < -0.39 is 23.7 Å². The molecule has 2 saturated carbocycles. The van der Waals surface area contributed by atoms with Gasteiger partial charge in [-0.05, 0) is 69.6 Å². The van der Waals surface area contributed by atoms with Crippen LogP contribution in [0.2, 0.25) is 0 Å². The number of nitrogens with zero attached hydrogens (tertiary/aromatic N) is 1. The molecule has 2 amide bonds. The Morgan fingerprint density at radius 3 is 2.50 bits per heavy atom. The maximum atomic E-state index is 13.2. The van der Waals surface area contributed by atoms with E-state index in [4.69, 9.17) is 4.74 Å². The molecule has 184 valence electrons. The Hall–Kier alpha value is -1.38. The zero-order chi connectivity index (χ0) is 23.7. The van der Waals surface area contributed by atoms with Crippen molar-refractivity contribution in [2.24, 2.45) is 22.7 Å². The third kappa shape index (κ3) is 4.64. The van der Waals surface area contributed by atoms with Gasteiger partial charge in [0.05, 0.1) is 25.4 Å². The first kappa shape index (κ1) is 25.2. The third-order valence-electron chi connectivity index (χ3n) is 8.63. The fourth-order valence-electron chi connectivity index (χ4n) is 6.84. The Labute approximate surface area is 191 Å². The van der Waals surface area contributed by atoms with Crippen LogP contribution in [0.15, 0.2) is 0 Å². The minimum absolute atomic E-state index is 0.00661. The van der Waals surface area contributed by atoms with E-state index in [2.05, 4.69) is 12.2 Å². The van der Waals surface area contributed by atoms with E-state index in [1.165, 1.54) is 0 Å². The molecule has 0 aromatic rings. The molecule has 0 radical (unpaired) electrons. The minimum Gasteiger partial charge on any atom is -0.446 e. The number of ether oxygens (including phenoxy) is 1. The second-order valence-corrected chi connectivity index (χ2v) is 11.0. The van der Waals surface area contributed by atoms with Crippen molar-refractivity contribution in [1.82, 2.24) is 10.2 Å². The number of hydrogen-bond donors (Lipinski definition) is 4. The average Bonchev–Trinajstić information content (AvgIpc) is 3.21. The number of nitrogens with one attached hydrogen (secondary N) is 1. The maximum Gasteiger partial charge on any atom is 0.407 e. The van der Waals surface area contributed by atoms with Crippen LogP contribution in [-0.4, -0.2) is 76.3 Å². The minimum atomic E-state index is -0.649. The topological polar surface area (TPSA) is 119 Å². The lowest BCUT2D eigenvalue weighted by Gasteiger charge is -2.60. The SMILES string of the molecule is CC(C)NC(=O)O[C@@H]1CC[C@]2(C)[C@H](CC[C@@H](O)[C@H]2CC(=O)N2CCC[C@H]2CO)[C@]1(C)CO. The van der Waals surface area contributed by atoms with E-state index >= 15 is 0 Å². The van der Waals surface area contributed by atoms with Crippen LogP contribution in [0.5, 0.6) is 0 Å². The van der Waals surface area contributed by atoms with Crippen molar-refractivity contribution in [3.05, 3.63) is 0 Å². The number of aliphatic hydroxyl groups excluding tert-OH is 3. The van der Waals surface area contributed by atoms with Crippen LogP contribution >= 0.6 is 0 Å². The van der Waals surface area contributed by atoms with Gasteiger partial charge in [-0.15, -0.1) is 0 Å². The summed E-state index contributed by atoms with van der Waals surface area (Å²) in [5.74, 6) is -0.225. The number of alkyl carbamates (subject to hydrolysis) is 1. The number of rotatable bonds is 6. The number of aliphatic hydroxyl groups is 3. The Bertz CT molecular complexity index is 687. The summed E-state index contributed by atoms with van der Waals surface area (Å²) >= 11 is 0. The fraction of sp³-hybridized carbons (Fsp3) is 0.917. The van der Waals surface area contributed by atoms with Gasteiger partial charge in [0.2, 0.25) is 5.91 Å². The van der Waals surface area contributed by atoms with Crippen molar-refractivity contribution in [3.63, 3.8) is 0 Å². The van der Waals surface area contributed by atoms with Gasteiger partial charge in [0.1, 0.15) is 6.10 Å². The summed E-state index contributed by atoms with van der Waals surface area (Å²) in [6.45, 7) is 8.35. The summed E-state index contributed by atoms with van der Waals surface area (Å²) in [7, 11) is 0. The summed E-state index contributed by atoms with van der Waals surface area (Å²) in [4.78, 5) is 27.2. The van der Waals surface area contributed by atoms with Gasteiger partial charge in [-0.25, -0.2) is 4.79 Å². The lowest BCUT2D eigenvalue weighted by Crippen LogP contribution is -2.61. The van der Waals surface area contributed by atoms with E-state index in [0.29, 0.717) is 32.2 Å². The van der Waals surface area contributed by atoms with Crippen molar-refractivity contribution in [1.29, 1.82) is 0 Å². The van der Waals surface area contributed by atoms with Crippen LogP contribution in [0.3, 0.4) is 0 Å². The van der Waals surface area contributed by atoms with Crippen molar-refractivity contribution >= 4 is 12.0 Å². The Morgan fingerprint density at radius 1 is 1.16 bits per heavy atom. The molecule has 1 saturated heterocycles. The van der Waals surface area contributed by atoms with Crippen LogP contribution in [0.1, 0.15) is 72.6 Å². The molecule has 0 aromatic heterocycles. The van der Waals surface area contributed by atoms with Gasteiger partial charge in [-0.1, -0.05) is 13.8 Å². The van der Waals surface area contributed by atoms with Crippen LogP contribution < -0.4 is 5.32 Å². The third-order valence-corrected chi connectivity index (χ3v) is 8.63. The highest BCUT2D eigenvalue weighted by Crippen LogP contribution is 2.61. The van der Waals surface area contributed by atoms with E-state index in [9.17, 15) is 24.9 Å². The molecule has 0 aromatic carbocycles. The Kier molecular flexibility index (Phi) is 7.77. The molecule has 3 fully saturated rings. The molecule has 8 heteroatoms. The molecule has 7 atom stereocenters. The normalized spacial score (nSPS) is 39.6. The summed E-state index contributed by atoms with van der Waals surface area (Å²) in [6, 6.07) is -0.163. The van der Waals surface area contributed by atoms with Gasteiger partial charge in [0, 0.05) is 24.4 Å². The van der Waals surface area contributed by atoms with Crippen LogP contribution in [0.25, 0.3) is 0 Å². The lowest BCUT2D eigenvalue weighted by molar-refractivity contribution is -0.187. The number of carbonyl (C=O) groups is 2. The molecule has 2 aliphatic carbocycles. The van der Waals surface area contributed by atoms with Gasteiger partial charge >= 0.3 is 6.09 Å². The standard InChI is InChI=1S/C24H42N2O6/c1-15(2)25-22(31)32-20-9-10-23(3)17(12-21(30)26-11-5-6-16(26)13-27)18(29)7-8-19(23)24(20,4)14-28/h15-20,27-29H,5-14H2,1-4H3,(H,25,31)/t16-,17+,18+,19-,20+,23-,24-/m0/s1. The highest BCUT2D eigenvalue weighted by molar-refractivity contribution is 5.77. The number of fused-ring (bicyclic) bond motifs is 1. The molecular weight excluding hydrogens is 412 g/mol. The molecule has 4 N–H and O–H groups in total. The second kappa shape index (κ2) is 9.85. The first-order valence-corrected chi connectivity index (χ1v) is 12.2. The van der Waals surface area contributed by atoms with Crippen LogP contribution in [-0.2, 0) is 9.53 Å². The van der Waals surface area contributed by atoms with Crippen molar-refractivity contribution < 1.29 is 29.6 Å². The maximum absolute atomic E-state index is 13.2. The van der Waals surface area contributed by atoms with Gasteiger partial charge in [0.15, 0.2) is 0 Å². The van der Waals surface area contributed by atoms with Gasteiger partial charge in [-0.2, -0.15) is 0 Å². The summed E-state index contributed by atoms with van der Waals surface area (Å²) in [6.07, 6.45) is 3.04. The molecule has 3 rings (SSSR count). The highest BCUT2D eigenvalue weighted by Gasteiger charge is 2.60. The predicted octanol–water partition coefficient (Wildman–Crippen LogP) is 2.05. The van der Waals surface area contributed by atoms with Gasteiger partial charge in [-0.3, -0.25) is 4.79 Å². The molecule has 1 aliphatic heterocycles. The molecule has 1 heterocycles. The number of likely N-dealkylation sites (tertiary alicyclic amines) is 1. The zero-order valence-electron chi connectivity index (χ0n) is 20.0. The smallest absolute Gasteiger partial charge is 0.407 e. The predicted molar refractivity (Wildman–Crippen MR) is 120 cm³/mol.